The zero-order chi connectivity index (χ0) is 10.4. The molecule has 0 saturated heterocycles. The second-order valence-electron chi connectivity index (χ2n) is 3.40. The third kappa shape index (κ3) is 4.54. The highest BCUT2D eigenvalue weighted by molar-refractivity contribution is 5.76. The van der Waals surface area contributed by atoms with Gasteiger partial charge in [0.25, 0.3) is 0 Å². The lowest BCUT2D eigenvalue weighted by atomic mass is 10.1. The fraction of sp³-hybridized carbons (Fsp3) is 0.700. The molecule has 0 aromatic rings. The molecule has 3 nitrogen and oxygen atoms in total. The normalized spacial score (nSPS) is 14.8. The molecule has 74 valence electrons. The average Bonchev–Trinajstić information content (AvgIpc) is 2.04. The van der Waals surface area contributed by atoms with Gasteiger partial charge in [-0.25, -0.2) is 0 Å². The Morgan fingerprint density at radius 2 is 2.08 bits per heavy atom. The molecule has 0 bridgehead atoms. The average molecular weight is 183 g/mol. The van der Waals surface area contributed by atoms with Crippen molar-refractivity contribution < 1.29 is 9.53 Å². The van der Waals surface area contributed by atoms with E-state index < -0.39 is 12.0 Å². The summed E-state index contributed by atoms with van der Waals surface area (Å²) in [5.41, 5.74) is 5.46. The first-order chi connectivity index (χ1) is 5.99. The van der Waals surface area contributed by atoms with Crippen LogP contribution in [0, 0.1) is 18.3 Å². The summed E-state index contributed by atoms with van der Waals surface area (Å²) in [6.07, 6.45) is 5.13. The highest BCUT2D eigenvalue weighted by Crippen LogP contribution is 2.06. The Hall–Kier alpha value is -1.01. The van der Waals surface area contributed by atoms with Crippen molar-refractivity contribution in [2.45, 2.75) is 39.3 Å². The third-order valence-corrected chi connectivity index (χ3v) is 1.88. The molecule has 13 heavy (non-hydrogen) atoms. The van der Waals surface area contributed by atoms with E-state index in [9.17, 15) is 4.79 Å². The number of carbonyl (C=O) groups is 1. The fourth-order valence-electron chi connectivity index (χ4n) is 0.617. The Balaban J connectivity index is 3.94. The van der Waals surface area contributed by atoms with Gasteiger partial charge in [0, 0.05) is 6.42 Å². The molecular formula is C10H17NO2. The smallest absolute Gasteiger partial charge is 0.324 e. The van der Waals surface area contributed by atoms with Gasteiger partial charge in [-0.05, 0) is 12.8 Å². The van der Waals surface area contributed by atoms with Crippen molar-refractivity contribution in [1.29, 1.82) is 0 Å². The van der Waals surface area contributed by atoms with Crippen LogP contribution < -0.4 is 5.73 Å². The van der Waals surface area contributed by atoms with Crippen LogP contribution in [0.2, 0.25) is 0 Å². The van der Waals surface area contributed by atoms with Crippen LogP contribution in [0.5, 0.6) is 0 Å². The maximum Gasteiger partial charge on any atom is 0.324 e. The molecule has 0 radical (unpaired) electrons. The van der Waals surface area contributed by atoms with Gasteiger partial charge in [-0.15, -0.1) is 12.3 Å². The molecule has 0 aromatic carbocycles. The Labute approximate surface area is 79.6 Å². The van der Waals surface area contributed by atoms with E-state index in [-0.39, 0.29) is 12.5 Å². The van der Waals surface area contributed by atoms with E-state index in [0.29, 0.717) is 5.92 Å². The molecule has 0 aliphatic carbocycles. The van der Waals surface area contributed by atoms with Gasteiger partial charge in [-0.1, -0.05) is 13.8 Å². The molecule has 0 heterocycles. The zero-order valence-electron chi connectivity index (χ0n) is 8.41. The monoisotopic (exact) mass is 183 g/mol. The second kappa shape index (κ2) is 5.60. The van der Waals surface area contributed by atoms with Crippen molar-refractivity contribution in [3.05, 3.63) is 0 Å². The van der Waals surface area contributed by atoms with Crippen LogP contribution in [-0.4, -0.2) is 18.1 Å². The molecule has 0 rings (SSSR count). The molecule has 2 N–H and O–H groups in total. The van der Waals surface area contributed by atoms with E-state index in [0.717, 1.165) is 0 Å². The SMILES string of the molecule is C#CCC(N)C(=O)OC(C)C(C)C. The molecule has 0 aliphatic heterocycles. The molecule has 2 unspecified atom stereocenters. The summed E-state index contributed by atoms with van der Waals surface area (Å²) in [6, 6.07) is -0.689. The van der Waals surface area contributed by atoms with Gasteiger partial charge in [-0.2, -0.15) is 0 Å². The number of terminal acetylenes is 1. The summed E-state index contributed by atoms with van der Waals surface area (Å²) in [6.45, 7) is 5.79. The molecule has 0 aliphatic rings. The molecule has 0 amide bonds. The van der Waals surface area contributed by atoms with Crippen LogP contribution in [-0.2, 0) is 9.53 Å². The lowest BCUT2D eigenvalue weighted by Gasteiger charge is -2.18. The number of hydrogen-bond acceptors (Lipinski definition) is 3. The lowest BCUT2D eigenvalue weighted by Crippen LogP contribution is -2.35. The first-order valence-electron chi connectivity index (χ1n) is 4.38. The number of hydrogen-bond donors (Lipinski definition) is 1. The summed E-state index contributed by atoms with van der Waals surface area (Å²) >= 11 is 0. The van der Waals surface area contributed by atoms with Gasteiger partial charge in [0.05, 0.1) is 0 Å². The second-order valence-corrected chi connectivity index (χ2v) is 3.40. The highest BCUT2D eigenvalue weighted by atomic mass is 16.5. The van der Waals surface area contributed by atoms with Crippen molar-refractivity contribution in [1.82, 2.24) is 0 Å². The van der Waals surface area contributed by atoms with Crippen LogP contribution in [0.15, 0.2) is 0 Å². The molecule has 2 atom stereocenters. The van der Waals surface area contributed by atoms with Crippen LogP contribution in [0.25, 0.3) is 0 Å². The number of nitrogens with two attached hydrogens (primary N) is 1. The summed E-state index contributed by atoms with van der Waals surface area (Å²) in [4.78, 5) is 11.2. The third-order valence-electron chi connectivity index (χ3n) is 1.88. The zero-order valence-corrected chi connectivity index (χ0v) is 8.41. The van der Waals surface area contributed by atoms with Crippen molar-refractivity contribution in [2.24, 2.45) is 11.7 Å². The topological polar surface area (TPSA) is 52.3 Å². The largest absolute Gasteiger partial charge is 0.461 e. The molecule has 0 fully saturated rings. The van der Waals surface area contributed by atoms with Gasteiger partial charge >= 0.3 is 5.97 Å². The lowest BCUT2D eigenvalue weighted by molar-refractivity contribution is -0.151. The van der Waals surface area contributed by atoms with Crippen LogP contribution in [0.1, 0.15) is 27.2 Å². The quantitative estimate of drug-likeness (QED) is 0.521. The molecular weight excluding hydrogens is 166 g/mol. The number of rotatable bonds is 4. The molecule has 0 spiro atoms. The van der Waals surface area contributed by atoms with E-state index in [1.54, 1.807) is 0 Å². The van der Waals surface area contributed by atoms with E-state index in [1.165, 1.54) is 0 Å². The molecule has 0 aromatic heterocycles. The van der Waals surface area contributed by atoms with Crippen molar-refractivity contribution in [3.8, 4) is 12.3 Å². The molecule has 0 saturated carbocycles. The van der Waals surface area contributed by atoms with Crippen LogP contribution >= 0.6 is 0 Å². The van der Waals surface area contributed by atoms with E-state index in [4.69, 9.17) is 16.9 Å². The van der Waals surface area contributed by atoms with Crippen LogP contribution in [0.3, 0.4) is 0 Å². The van der Waals surface area contributed by atoms with Gasteiger partial charge in [-0.3, -0.25) is 4.79 Å². The van der Waals surface area contributed by atoms with Gasteiger partial charge in [0.1, 0.15) is 12.1 Å². The Kier molecular flexibility index (Phi) is 5.17. The minimum absolute atomic E-state index is 0.115. The molecule has 3 heteroatoms. The van der Waals surface area contributed by atoms with Gasteiger partial charge < -0.3 is 10.5 Å². The highest BCUT2D eigenvalue weighted by Gasteiger charge is 2.18. The maximum absolute atomic E-state index is 11.2. The maximum atomic E-state index is 11.2. The minimum Gasteiger partial charge on any atom is -0.461 e. The van der Waals surface area contributed by atoms with E-state index in [2.05, 4.69) is 5.92 Å². The summed E-state index contributed by atoms with van der Waals surface area (Å²) < 4.78 is 5.07. The summed E-state index contributed by atoms with van der Waals surface area (Å²) in [5, 5.41) is 0. The van der Waals surface area contributed by atoms with E-state index in [1.807, 2.05) is 20.8 Å². The number of carbonyl (C=O) groups excluding carboxylic acids is 1. The fourth-order valence-corrected chi connectivity index (χ4v) is 0.617. The first kappa shape index (κ1) is 12.0. The Bertz CT molecular complexity index is 205. The summed E-state index contributed by atoms with van der Waals surface area (Å²) in [7, 11) is 0. The van der Waals surface area contributed by atoms with Gasteiger partial charge in [0.15, 0.2) is 0 Å². The predicted molar refractivity (Wildman–Crippen MR) is 51.8 cm³/mol. The Morgan fingerprint density at radius 1 is 1.54 bits per heavy atom. The van der Waals surface area contributed by atoms with Gasteiger partial charge in [0.2, 0.25) is 0 Å². The van der Waals surface area contributed by atoms with Crippen molar-refractivity contribution in [3.63, 3.8) is 0 Å². The number of ether oxygens (including phenoxy) is 1. The Morgan fingerprint density at radius 3 is 2.46 bits per heavy atom. The van der Waals surface area contributed by atoms with Crippen molar-refractivity contribution >= 4 is 5.97 Å². The number of esters is 1. The minimum atomic E-state index is -0.689. The predicted octanol–water partition coefficient (Wildman–Crippen LogP) is 0.925. The van der Waals surface area contributed by atoms with Crippen LogP contribution in [0.4, 0.5) is 0 Å². The van der Waals surface area contributed by atoms with Crippen molar-refractivity contribution in [2.75, 3.05) is 0 Å². The van der Waals surface area contributed by atoms with E-state index >= 15 is 0 Å². The first-order valence-corrected chi connectivity index (χ1v) is 4.38. The summed E-state index contributed by atoms with van der Waals surface area (Å²) in [5.74, 6) is 2.20. The standard InChI is InChI=1S/C10H17NO2/c1-5-6-9(11)10(12)13-8(4)7(2)3/h1,7-9H,6,11H2,2-4H3.